The Morgan fingerprint density at radius 2 is 2.30 bits per heavy atom. The summed E-state index contributed by atoms with van der Waals surface area (Å²) >= 11 is 0. The SMILES string of the molecule is CCN1CCOC(CNCC2=Cc3ccc(OC)cc3OC2)C1. The maximum Gasteiger partial charge on any atom is 0.130 e. The summed E-state index contributed by atoms with van der Waals surface area (Å²) in [4.78, 5) is 2.43. The Morgan fingerprint density at radius 3 is 3.13 bits per heavy atom. The van der Waals surface area contributed by atoms with Gasteiger partial charge < -0.3 is 19.5 Å². The molecule has 1 N–H and O–H groups in total. The van der Waals surface area contributed by atoms with Crippen LogP contribution in [0.5, 0.6) is 11.5 Å². The third-order valence-corrected chi connectivity index (χ3v) is 4.39. The average Bonchev–Trinajstić information content (AvgIpc) is 2.61. The summed E-state index contributed by atoms with van der Waals surface area (Å²) < 4.78 is 16.9. The van der Waals surface area contributed by atoms with Crippen LogP contribution in [0.25, 0.3) is 6.08 Å². The van der Waals surface area contributed by atoms with Crippen molar-refractivity contribution in [2.24, 2.45) is 0 Å². The number of hydrogen-bond donors (Lipinski definition) is 1. The molecule has 126 valence electrons. The van der Waals surface area contributed by atoms with Crippen LogP contribution in [0.15, 0.2) is 23.8 Å². The standard InChI is InChI=1S/C18H26N2O3/c1-3-20-6-7-22-17(12-20)11-19-10-14-8-15-4-5-16(21-2)9-18(15)23-13-14/h4-5,8-9,17,19H,3,6-7,10-13H2,1-2H3. The summed E-state index contributed by atoms with van der Waals surface area (Å²) in [5.41, 5.74) is 2.37. The Morgan fingerprint density at radius 1 is 1.39 bits per heavy atom. The zero-order valence-electron chi connectivity index (χ0n) is 14.0. The summed E-state index contributed by atoms with van der Waals surface area (Å²) in [6.45, 7) is 8.53. The van der Waals surface area contributed by atoms with Gasteiger partial charge in [-0.1, -0.05) is 6.92 Å². The number of ether oxygens (including phenoxy) is 3. The third kappa shape index (κ3) is 4.25. The highest BCUT2D eigenvalue weighted by Gasteiger charge is 2.19. The van der Waals surface area contributed by atoms with Gasteiger partial charge in [0.1, 0.15) is 18.1 Å². The van der Waals surface area contributed by atoms with Crippen LogP contribution < -0.4 is 14.8 Å². The molecule has 0 amide bonds. The van der Waals surface area contributed by atoms with Gasteiger partial charge in [-0.3, -0.25) is 4.90 Å². The van der Waals surface area contributed by atoms with Crippen molar-refractivity contribution in [2.75, 3.05) is 53.0 Å². The van der Waals surface area contributed by atoms with E-state index in [0.717, 1.165) is 56.4 Å². The summed E-state index contributed by atoms with van der Waals surface area (Å²) in [6.07, 6.45) is 2.48. The highest BCUT2D eigenvalue weighted by atomic mass is 16.5. The van der Waals surface area contributed by atoms with Crippen LogP contribution >= 0.6 is 0 Å². The lowest BCUT2D eigenvalue weighted by Gasteiger charge is -2.32. The zero-order chi connectivity index (χ0) is 16.1. The first-order chi connectivity index (χ1) is 11.3. The second-order valence-corrected chi connectivity index (χ2v) is 6.01. The molecule has 1 unspecified atom stereocenters. The van der Waals surface area contributed by atoms with Gasteiger partial charge in [0.05, 0.1) is 19.8 Å². The van der Waals surface area contributed by atoms with Gasteiger partial charge in [0.25, 0.3) is 0 Å². The first-order valence-electron chi connectivity index (χ1n) is 8.33. The zero-order valence-corrected chi connectivity index (χ0v) is 14.0. The average molecular weight is 318 g/mol. The van der Waals surface area contributed by atoms with Gasteiger partial charge in [0, 0.05) is 37.8 Å². The predicted octanol–water partition coefficient (Wildman–Crippen LogP) is 1.78. The molecule has 0 aromatic heterocycles. The number of hydrogen-bond acceptors (Lipinski definition) is 5. The van der Waals surface area contributed by atoms with Gasteiger partial charge in [-0.2, -0.15) is 0 Å². The molecule has 2 aliphatic rings. The number of benzene rings is 1. The fourth-order valence-corrected chi connectivity index (χ4v) is 3.00. The van der Waals surface area contributed by atoms with E-state index in [0.29, 0.717) is 6.61 Å². The maximum absolute atomic E-state index is 5.83. The van der Waals surface area contributed by atoms with Crippen molar-refractivity contribution in [1.29, 1.82) is 0 Å². The van der Waals surface area contributed by atoms with Gasteiger partial charge in [0.15, 0.2) is 0 Å². The van der Waals surface area contributed by atoms with Crippen molar-refractivity contribution < 1.29 is 14.2 Å². The summed E-state index contributed by atoms with van der Waals surface area (Å²) in [5.74, 6) is 1.72. The van der Waals surface area contributed by atoms with Crippen LogP contribution in [0.1, 0.15) is 12.5 Å². The number of methoxy groups -OCH3 is 1. The van der Waals surface area contributed by atoms with Gasteiger partial charge in [-0.25, -0.2) is 0 Å². The van der Waals surface area contributed by atoms with Gasteiger partial charge in [-0.15, -0.1) is 0 Å². The Bertz CT molecular complexity index is 559. The van der Waals surface area contributed by atoms with Crippen LogP contribution in [0.4, 0.5) is 0 Å². The lowest BCUT2D eigenvalue weighted by atomic mass is 10.1. The molecule has 0 aliphatic carbocycles. The minimum Gasteiger partial charge on any atom is -0.497 e. The molecule has 1 aromatic carbocycles. The molecule has 1 fully saturated rings. The van der Waals surface area contributed by atoms with E-state index < -0.39 is 0 Å². The van der Waals surface area contributed by atoms with E-state index in [1.165, 1.54) is 5.57 Å². The highest BCUT2D eigenvalue weighted by Crippen LogP contribution is 2.30. The number of rotatable bonds is 6. The number of likely N-dealkylation sites (N-methyl/N-ethyl adjacent to an activating group) is 1. The lowest BCUT2D eigenvalue weighted by molar-refractivity contribution is -0.0249. The van der Waals surface area contributed by atoms with Crippen LogP contribution in [0, 0.1) is 0 Å². The third-order valence-electron chi connectivity index (χ3n) is 4.39. The van der Waals surface area contributed by atoms with Gasteiger partial charge in [-0.05, 0) is 30.3 Å². The quantitative estimate of drug-likeness (QED) is 0.866. The first-order valence-corrected chi connectivity index (χ1v) is 8.33. The number of nitrogens with one attached hydrogen (secondary N) is 1. The van der Waals surface area contributed by atoms with Gasteiger partial charge in [0.2, 0.25) is 0 Å². The fourth-order valence-electron chi connectivity index (χ4n) is 3.00. The van der Waals surface area contributed by atoms with E-state index >= 15 is 0 Å². The molecule has 2 heterocycles. The van der Waals surface area contributed by atoms with Crippen LogP contribution in [0.2, 0.25) is 0 Å². The minimum absolute atomic E-state index is 0.283. The highest BCUT2D eigenvalue weighted by molar-refractivity contribution is 5.63. The second kappa shape index (κ2) is 7.81. The first kappa shape index (κ1) is 16.3. The minimum atomic E-state index is 0.283. The van der Waals surface area contributed by atoms with E-state index in [2.05, 4.69) is 23.2 Å². The molecule has 1 atom stereocenters. The van der Waals surface area contributed by atoms with Crippen LogP contribution in [0.3, 0.4) is 0 Å². The molecule has 1 saturated heterocycles. The lowest BCUT2D eigenvalue weighted by Crippen LogP contribution is -2.46. The molecular formula is C18H26N2O3. The number of morpholine rings is 1. The Balaban J connectivity index is 1.50. The summed E-state index contributed by atoms with van der Waals surface area (Å²) in [7, 11) is 1.67. The van der Waals surface area contributed by atoms with E-state index in [1.807, 2.05) is 18.2 Å². The Kier molecular flexibility index (Phi) is 5.54. The number of nitrogens with zero attached hydrogens (tertiary/aromatic N) is 1. The predicted molar refractivity (Wildman–Crippen MR) is 91.2 cm³/mol. The molecule has 0 radical (unpaired) electrons. The molecule has 0 bridgehead atoms. The van der Waals surface area contributed by atoms with E-state index in [9.17, 15) is 0 Å². The van der Waals surface area contributed by atoms with Crippen molar-refractivity contribution >= 4 is 6.08 Å². The second-order valence-electron chi connectivity index (χ2n) is 6.01. The van der Waals surface area contributed by atoms with Crippen molar-refractivity contribution in [3.8, 4) is 11.5 Å². The van der Waals surface area contributed by atoms with Gasteiger partial charge >= 0.3 is 0 Å². The van der Waals surface area contributed by atoms with Crippen molar-refractivity contribution in [1.82, 2.24) is 10.2 Å². The molecule has 5 heteroatoms. The normalized spacial score (nSPS) is 21.3. The Hall–Kier alpha value is -1.56. The largest absolute Gasteiger partial charge is 0.497 e. The van der Waals surface area contributed by atoms with Crippen molar-refractivity contribution in [2.45, 2.75) is 13.0 Å². The Labute approximate surface area is 138 Å². The van der Waals surface area contributed by atoms with Crippen LogP contribution in [-0.4, -0.2) is 64.1 Å². The summed E-state index contributed by atoms with van der Waals surface area (Å²) in [5, 5.41) is 3.50. The summed E-state index contributed by atoms with van der Waals surface area (Å²) in [6, 6.07) is 5.94. The molecule has 2 aliphatic heterocycles. The smallest absolute Gasteiger partial charge is 0.130 e. The molecular weight excluding hydrogens is 292 g/mol. The van der Waals surface area contributed by atoms with Crippen molar-refractivity contribution in [3.05, 3.63) is 29.3 Å². The van der Waals surface area contributed by atoms with E-state index in [4.69, 9.17) is 14.2 Å². The maximum atomic E-state index is 5.83. The molecule has 0 spiro atoms. The monoisotopic (exact) mass is 318 g/mol. The number of fused-ring (bicyclic) bond motifs is 1. The fraction of sp³-hybridized carbons (Fsp3) is 0.556. The molecule has 5 nitrogen and oxygen atoms in total. The molecule has 3 rings (SSSR count). The van der Waals surface area contributed by atoms with E-state index in [-0.39, 0.29) is 6.10 Å². The molecule has 1 aromatic rings. The molecule has 0 saturated carbocycles. The van der Waals surface area contributed by atoms with Crippen molar-refractivity contribution in [3.63, 3.8) is 0 Å². The topological polar surface area (TPSA) is 43.0 Å². The van der Waals surface area contributed by atoms with Crippen LogP contribution in [-0.2, 0) is 4.74 Å². The molecule has 23 heavy (non-hydrogen) atoms. The van der Waals surface area contributed by atoms with E-state index in [1.54, 1.807) is 7.11 Å².